The van der Waals surface area contributed by atoms with Crippen LogP contribution in [0, 0.1) is 11.2 Å². The molecule has 1 aromatic carbocycles. The molecule has 1 atom stereocenters. The third-order valence-electron chi connectivity index (χ3n) is 3.41. The Morgan fingerprint density at radius 3 is 2.82 bits per heavy atom. The number of halogens is 1. The van der Waals surface area contributed by atoms with Gasteiger partial charge in [-0.05, 0) is 31.9 Å². The first-order chi connectivity index (χ1) is 8.03. The Morgan fingerprint density at radius 2 is 2.18 bits per heavy atom. The van der Waals surface area contributed by atoms with Crippen LogP contribution in [0.25, 0.3) is 0 Å². The van der Waals surface area contributed by atoms with Crippen molar-refractivity contribution in [2.24, 2.45) is 5.41 Å². The fraction of sp³-hybridized carbons (Fsp3) is 0.462. The molecule has 0 bridgehead atoms. The molecule has 1 aliphatic heterocycles. The van der Waals surface area contributed by atoms with Gasteiger partial charge in [-0.15, -0.1) is 0 Å². The number of hydrogen-bond acceptors (Lipinski definition) is 2. The Labute approximate surface area is 99.9 Å². The van der Waals surface area contributed by atoms with E-state index in [1.165, 1.54) is 6.07 Å². The number of hydrogen-bond donors (Lipinski definition) is 1. The van der Waals surface area contributed by atoms with Crippen LogP contribution in [0.5, 0.6) is 0 Å². The second kappa shape index (κ2) is 4.35. The van der Waals surface area contributed by atoms with Crippen molar-refractivity contribution in [2.45, 2.75) is 19.8 Å². The first-order valence-corrected chi connectivity index (χ1v) is 5.76. The lowest BCUT2D eigenvalue weighted by Crippen LogP contribution is -2.46. The largest absolute Gasteiger partial charge is 0.481 e. The van der Waals surface area contributed by atoms with E-state index in [-0.39, 0.29) is 5.82 Å². The molecule has 1 heterocycles. The van der Waals surface area contributed by atoms with Crippen LogP contribution in [0.2, 0.25) is 0 Å². The van der Waals surface area contributed by atoms with Gasteiger partial charge in [-0.1, -0.05) is 12.1 Å². The van der Waals surface area contributed by atoms with Gasteiger partial charge in [-0.3, -0.25) is 4.79 Å². The monoisotopic (exact) mass is 237 g/mol. The molecule has 0 saturated carbocycles. The van der Waals surface area contributed by atoms with E-state index < -0.39 is 11.4 Å². The molecule has 0 radical (unpaired) electrons. The Balaban J connectivity index is 2.24. The van der Waals surface area contributed by atoms with Gasteiger partial charge in [0.15, 0.2) is 0 Å². The van der Waals surface area contributed by atoms with Crippen molar-refractivity contribution < 1.29 is 14.3 Å². The number of carboxylic acids is 1. The Bertz CT molecular complexity index is 435. The van der Waals surface area contributed by atoms with E-state index in [1.54, 1.807) is 25.1 Å². The van der Waals surface area contributed by atoms with E-state index in [0.29, 0.717) is 25.2 Å². The lowest BCUT2D eigenvalue weighted by molar-refractivity contribution is -0.148. The van der Waals surface area contributed by atoms with Crippen LogP contribution in [0.4, 0.5) is 10.1 Å². The smallest absolute Gasteiger partial charge is 0.311 e. The molecular weight excluding hydrogens is 221 g/mol. The van der Waals surface area contributed by atoms with E-state index in [0.717, 1.165) is 6.42 Å². The molecule has 92 valence electrons. The van der Waals surface area contributed by atoms with Crippen molar-refractivity contribution in [1.82, 2.24) is 0 Å². The van der Waals surface area contributed by atoms with Crippen LogP contribution in [0.1, 0.15) is 19.8 Å². The van der Waals surface area contributed by atoms with Crippen LogP contribution in [-0.4, -0.2) is 24.2 Å². The number of para-hydroxylation sites is 1. The molecule has 0 spiro atoms. The normalized spacial score (nSPS) is 24.7. The summed E-state index contributed by atoms with van der Waals surface area (Å²) < 4.78 is 13.6. The van der Waals surface area contributed by atoms with Crippen LogP contribution in [-0.2, 0) is 4.79 Å². The third kappa shape index (κ3) is 2.25. The fourth-order valence-corrected chi connectivity index (χ4v) is 2.33. The predicted octanol–water partition coefficient (Wildman–Crippen LogP) is 2.52. The van der Waals surface area contributed by atoms with Gasteiger partial charge in [-0.25, -0.2) is 4.39 Å². The van der Waals surface area contributed by atoms with Gasteiger partial charge in [0.2, 0.25) is 0 Å². The average Bonchev–Trinajstić information content (AvgIpc) is 2.29. The summed E-state index contributed by atoms with van der Waals surface area (Å²) in [6.45, 7) is 2.80. The first-order valence-electron chi connectivity index (χ1n) is 5.76. The van der Waals surface area contributed by atoms with Gasteiger partial charge in [0.1, 0.15) is 5.82 Å². The summed E-state index contributed by atoms with van der Waals surface area (Å²) in [5.74, 6) is -1.10. The summed E-state index contributed by atoms with van der Waals surface area (Å²) >= 11 is 0. The molecule has 0 aliphatic carbocycles. The van der Waals surface area contributed by atoms with Gasteiger partial charge in [0.25, 0.3) is 0 Å². The maximum absolute atomic E-state index is 13.6. The topological polar surface area (TPSA) is 40.5 Å². The van der Waals surface area contributed by atoms with Crippen LogP contribution in [0.3, 0.4) is 0 Å². The molecule has 1 saturated heterocycles. The summed E-state index contributed by atoms with van der Waals surface area (Å²) in [4.78, 5) is 13.0. The van der Waals surface area contributed by atoms with E-state index >= 15 is 0 Å². The van der Waals surface area contributed by atoms with Gasteiger partial charge in [-0.2, -0.15) is 0 Å². The van der Waals surface area contributed by atoms with Crippen molar-refractivity contribution in [1.29, 1.82) is 0 Å². The minimum Gasteiger partial charge on any atom is -0.481 e. The summed E-state index contributed by atoms with van der Waals surface area (Å²) in [6, 6.07) is 6.51. The molecule has 3 nitrogen and oxygen atoms in total. The Morgan fingerprint density at radius 1 is 1.47 bits per heavy atom. The van der Waals surface area contributed by atoms with Crippen LogP contribution < -0.4 is 4.90 Å². The second-order valence-corrected chi connectivity index (χ2v) is 4.84. The standard InChI is InChI=1S/C13H16FNO2/c1-13(12(16)17)7-4-8-15(9-13)11-6-3-2-5-10(11)14/h2-3,5-6H,4,7-9H2,1H3,(H,16,17). The number of benzene rings is 1. The number of nitrogens with zero attached hydrogens (tertiary/aromatic N) is 1. The molecule has 1 aliphatic rings. The van der Waals surface area contributed by atoms with Gasteiger partial charge < -0.3 is 10.0 Å². The SMILES string of the molecule is CC1(C(=O)O)CCCN(c2ccccc2F)C1. The molecule has 1 unspecified atom stereocenters. The summed E-state index contributed by atoms with van der Waals surface area (Å²) in [5, 5.41) is 9.21. The zero-order valence-corrected chi connectivity index (χ0v) is 9.82. The maximum atomic E-state index is 13.6. The average molecular weight is 237 g/mol. The molecule has 1 N–H and O–H groups in total. The maximum Gasteiger partial charge on any atom is 0.311 e. The molecular formula is C13H16FNO2. The summed E-state index contributed by atoms with van der Waals surface area (Å²) in [7, 11) is 0. The molecule has 2 rings (SSSR count). The van der Waals surface area contributed by atoms with Gasteiger partial charge in [0, 0.05) is 13.1 Å². The highest BCUT2D eigenvalue weighted by atomic mass is 19.1. The Kier molecular flexibility index (Phi) is 3.05. The minimum atomic E-state index is -0.807. The zero-order chi connectivity index (χ0) is 12.5. The number of rotatable bonds is 2. The summed E-state index contributed by atoms with van der Waals surface area (Å²) in [5.41, 5.74) is -0.278. The molecule has 0 aromatic heterocycles. The molecule has 0 amide bonds. The highest BCUT2D eigenvalue weighted by Gasteiger charge is 2.38. The number of anilines is 1. The van der Waals surface area contributed by atoms with E-state index in [9.17, 15) is 14.3 Å². The highest BCUT2D eigenvalue weighted by Crippen LogP contribution is 2.33. The van der Waals surface area contributed by atoms with Crippen molar-refractivity contribution in [2.75, 3.05) is 18.0 Å². The Hall–Kier alpha value is -1.58. The quantitative estimate of drug-likeness (QED) is 0.859. The van der Waals surface area contributed by atoms with E-state index in [4.69, 9.17) is 0 Å². The highest BCUT2D eigenvalue weighted by molar-refractivity contribution is 5.75. The van der Waals surface area contributed by atoms with E-state index in [2.05, 4.69) is 0 Å². The van der Waals surface area contributed by atoms with Gasteiger partial charge >= 0.3 is 5.97 Å². The van der Waals surface area contributed by atoms with Crippen LogP contribution in [0.15, 0.2) is 24.3 Å². The van der Waals surface area contributed by atoms with Crippen molar-refractivity contribution in [3.63, 3.8) is 0 Å². The molecule has 17 heavy (non-hydrogen) atoms. The molecule has 1 fully saturated rings. The molecule has 1 aromatic rings. The van der Waals surface area contributed by atoms with Gasteiger partial charge in [0.05, 0.1) is 11.1 Å². The predicted molar refractivity (Wildman–Crippen MR) is 63.6 cm³/mol. The lowest BCUT2D eigenvalue weighted by atomic mass is 9.82. The minimum absolute atomic E-state index is 0.290. The number of piperidine rings is 1. The van der Waals surface area contributed by atoms with E-state index in [1.807, 2.05) is 4.90 Å². The number of carboxylic acid groups (broad SMARTS) is 1. The lowest BCUT2D eigenvalue weighted by Gasteiger charge is -2.38. The zero-order valence-electron chi connectivity index (χ0n) is 9.82. The third-order valence-corrected chi connectivity index (χ3v) is 3.41. The van der Waals surface area contributed by atoms with Crippen molar-refractivity contribution in [3.05, 3.63) is 30.1 Å². The van der Waals surface area contributed by atoms with Crippen LogP contribution >= 0.6 is 0 Å². The number of carbonyl (C=O) groups is 1. The summed E-state index contributed by atoms with van der Waals surface area (Å²) in [6.07, 6.45) is 1.42. The number of aliphatic carboxylic acids is 1. The van der Waals surface area contributed by atoms with Crippen molar-refractivity contribution in [3.8, 4) is 0 Å². The fourth-order valence-electron chi connectivity index (χ4n) is 2.33. The first kappa shape index (κ1) is 11.9. The van der Waals surface area contributed by atoms with Crippen molar-refractivity contribution >= 4 is 11.7 Å². The second-order valence-electron chi connectivity index (χ2n) is 4.84. The molecule has 4 heteroatoms.